The summed E-state index contributed by atoms with van der Waals surface area (Å²) < 4.78 is 52.1. The molecule has 0 radical (unpaired) electrons. The third kappa shape index (κ3) is 3.66. The number of thiophene rings is 1. The second-order valence-corrected chi connectivity index (χ2v) is 7.56. The molecule has 1 fully saturated rings. The molecular formula is C19H15F4N3OS. The van der Waals surface area contributed by atoms with Crippen LogP contribution in [-0.2, 0) is 6.18 Å². The van der Waals surface area contributed by atoms with E-state index < -0.39 is 11.7 Å². The number of hydrogen-bond donors (Lipinski definition) is 0. The lowest BCUT2D eigenvalue weighted by molar-refractivity contribution is -0.137. The third-order valence-corrected chi connectivity index (χ3v) is 5.76. The Hall–Kier alpha value is -2.68. The highest BCUT2D eigenvalue weighted by Gasteiger charge is 2.31. The molecule has 1 aliphatic rings. The molecule has 0 atom stereocenters. The molecule has 0 aliphatic carbocycles. The first kappa shape index (κ1) is 18.7. The second kappa shape index (κ2) is 7.05. The summed E-state index contributed by atoms with van der Waals surface area (Å²) in [7, 11) is 0. The molecule has 1 saturated heterocycles. The molecule has 146 valence electrons. The van der Waals surface area contributed by atoms with Gasteiger partial charge < -0.3 is 9.80 Å². The number of pyridine rings is 1. The van der Waals surface area contributed by atoms with Crippen LogP contribution in [0, 0.1) is 5.82 Å². The van der Waals surface area contributed by atoms with Crippen molar-refractivity contribution in [1.82, 2.24) is 9.88 Å². The van der Waals surface area contributed by atoms with Crippen molar-refractivity contribution in [2.75, 3.05) is 31.1 Å². The number of amides is 1. The van der Waals surface area contributed by atoms with Crippen LogP contribution < -0.4 is 4.90 Å². The summed E-state index contributed by atoms with van der Waals surface area (Å²) in [6.07, 6.45) is -3.59. The van der Waals surface area contributed by atoms with Crippen molar-refractivity contribution in [3.05, 3.63) is 58.9 Å². The van der Waals surface area contributed by atoms with Crippen molar-refractivity contribution in [2.45, 2.75) is 6.18 Å². The van der Waals surface area contributed by atoms with Gasteiger partial charge >= 0.3 is 6.18 Å². The highest BCUT2D eigenvalue weighted by Crippen LogP contribution is 2.30. The molecule has 0 bridgehead atoms. The first-order chi connectivity index (χ1) is 13.3. The van der Waals surface area contributed by atoms with Crippen molar-refractivity contribution in [3.63, 3.8) is 0 Å². The van der Waals surface area contributed by atoms with Crippen molar-refractivity contribution in [3.8, 4) is 0 Å². The Balaban J connectivity index is 1.42. The van der Waals surface area contributed by atoms with E-state index in [1.54, 1.807) is 17.0 Å². The van der Waals surface area contributed by atoms with E-state index in [0.29, 0.717) is 42.3 Å². The molecule has 0 N–H and O–H groups in total. The van der Waals surface area contributed by atoms with Crippen molar-refractivity contribution in [1.29, 1.82) is 0 Å². The van der Waals surface area contributed by atoms with E-state index in [1.165, 1.54) is 29.5 Å². The van der Waals surface area contributed by atoms with Crippen LogP contribution in [0.15, 0.2) is 42.6 Å². The first-order valence-corrected chi connectivity index (χ1v) is 9.39. The van der Waals surface area contributed by atoms with Gasteiger partial charge in [-0.1, -0.05) is 0 Å². The van der Waals surface area contributed by atoms with Gasteiger partial charge in [-0.2, -0.15) is 13.2 Å². The zero-order chi connectivity index (χ0) is 19.9. The van der Waals surface area contributed by atoms with Gasteiger partial charge in [-0.25, -0.2) is 9.37 Å². The SMILES string of the molecule is O=C(c1cc2cc(F)ccc2s1)N1CCN(c2ccc(C(F)(F)F)cn2)CC1. The standard InChI is InChI=1S/C19H15F4N3OS/c20-14-2-3-15-12(9-14)10-16(28-15)18(27)26-7-5-25(6-8-26)17-4-1-13(11-24-17)19(21,22)23/h1-4,9-11H,5-8H2. The van der Waals surface area contributed by atoms with Crippen LogP contribution in [0.25, 0.3) is 10.1 Å². The molecule has 9 heteroatoms. The molecule has 4 rings (SSSR count). The highest BCUT2D eigenvalue weighted by molar-refractivity contribution is 7.20. The summed E-state index contributed by atoms with van der Waals surface area (Å²) in [5.41, 5.74) is -0.786. The highest BCUT2D eigenvalue weighted by atomic mass is 32.1. The largest absolute Gasteiger partial charge is 0.417 e. The summed E-state index contributed by atoms with van der Waals surface area (Å²) in [6, 6.07) is 8.46. The van der Waals surface area contributed by atoms with Gasteiger partial charge in [0.25, 0.3) is 5.91 Å². The normalized spacial score (nSPS) is 15.3. The molecule has 28 heavy (non-hydrogen) atoms. The van der Waals surface area contributed by atoms with E-state index in [2.05, 4.69) is 4.98 Å². The molecule has 1 aliphatic heterocycles. The first-order valence-electron chi connectivity index (χ1n) is 8.58. The Morgan fingerprint density at radius 2 is 1.79 bits per heavy atom. The zero-order valence-electron chi connectivity index (χ0n) is 14.5. The van der Waals surface area contributed by atoms with Gasteiger partial charge in [-0.3, -0.25) is 4.79 Å². The smallest absolute Gasteiger partial charge is 0.353 e. The Labute approximate surface area is 162 Å². The molecule has 2 aromatic heterocycles. The number of fused-ring (bicyclic) bond motifs is 1. The molecule has 1 aromatic carbocycles. The number of anilines is 1. The maximum absolute atomic E-state index is 13.3. The molecule has 4 nitrogen and oxygen atoms in total. The minimum absolute atomic E-state index is 0.123. The molecule has 0 saturated carbocycles. The maximum atomic E-state index is 13.3. The summed E-state index contributed by atoms with van der Waals surface area (Å²) in [4.78, 5) is 20.7. The van der Waals surface area contributed by atoms with E-state index in [9.17, 15) is 22.4 Å². The molecular weight excluding hydrogens is 394 g/mol. The van der Waals surface area contributed by atoms with Crippen LogP contribution in [0.5, 0.6) is 0 Å². The van der Waals surface area contributed by atoms with Gasteiger partial charge in [0.15, 0.2) is 0 Å². The van der Waals surface area contributed by atoms with Crippen molar-refractivity contribution in [2.24, 2.45) is 0 Å². The topological polar surface area (TPSA) is 36.4 Å². The number of piperazine rings is 1. The van der Waals surface area contributed by atoms with Crippen LogP contribution in [0.4, 0.5) is 23.4 Å². The Bertz CT molecular complexity index is 1010. The lowest BCUT2D eigenvalue weighted by atomic mass is 10.2. The molecule has 0 spiro atoms. The van der Waals surface area contributed by atoms with Gasteiger partial charge in [0, 0.05) is 37.1 Å². The minimum Gasteiger partial charge on any atom is -0.353 e. The predicted octanol–water partition coefficient (Wildman–Crippen LogP) is 4.42. The molecule has 3 heterocycles. The number of benzene rings is 1. The number of carbonyl (C=O) groups is 1. The molecule has 3 aromatic rings. The summed E-state index contributed by atoms with van der Waals surface area (Å²) in [5, 5.41) is 0.695. The fourth-order valence-electron chi connectivity index (χ4n) is 3.15. The van der Waals surface area contributed by atoms with E-state index in [0.717, 1.165) is 17.0 Å². The number of carbonyl (C=O) groups excluding carboxylic acids is 1. The molecule has 1 amide bonds. The number of halogens is 4. The number of nitrogens with zero attached hydrogens (tertiary/aromatic N) is 3. The Morgan fingerprint density at radius 3 is 2.43 bits per heavy atom. The summed E-state index contributed by atoms with van der Waals surface area (Å²) in [5.74, 6) is -0.0129. The van der Waals surface area contributed by atoms with Gasteiger partial charge in [0.05, 0.1) is 10.4 Å². The van der Waals surface area contributed by atoms with Crippen LogP contribution in [-0.4, -0.2) is 42.0 Å². The number of rotatable bonds is 2. The Kier molecular flexibility index (Phi) is 4.70. The lowest BCUT2D eigenvalue weighted by Crippen LogP contribution is -2.48. The number of aromatic nitrogens is 1. The molecule has 0 unspecified atom stereocenters. The number of hydrogen-bond acceptors (Lipinski definition) is 4. The minimum atomic E-state index is -4.41. The van der Waals surface area contributed by atoms with Crippen molar-refractivity contribution < 1.29 is 22.4 Å². The fraction of sp³-hybridized carbons (Fsp3) is 0.263. The average Bonchev–Trinajstić information content (AvgIpc) is 3.10. The quantitative estimate of drug-likeness (QED) is 0.588. The van der Waals surface area contributed by atoms with Gasteiger partial charge in [0.1, 0.15) is 11.6 Å². The van der Waals surface area contributed by atoms with Crippen LogP contribution >= 0.6 is 11.3 Å². The van der Waals surface area contributed by atoms with Crippen LogP contribution in [0.2, 0.25) is 0 Å². The predicted molar refractivity (Wildman–Crippen MR) is 99.1 cm³/mol. The van der Waals surface area contributed by atoms with Gasteiger partial charge in [-0.05, 0) is 41.8 Å². The van der Waals surface area contributed by atoms with Gasteiger partial charge in [-0.15, -0.1) is 11.3 Å². The van der Waals surface area contributed by atoms with E-state index in [-0.39, 0.29) is 11.7 Å². The summed E-state index contributed by atoms with van der Waals surface area (Å²) >= 11 is 1.32. The number of alkyl halides is 3. The van der Waals surface area contributed by atoms with Crippen LogP contribution in [0.3, 0.4) is 0 Å². The van der Waals surface area contributed by atoms with Crippen molar-refractivity contribution >= 4 is 33.1 Å². The maximum Gasteiger partial charge on any atom is 0.417 e. The third-order valence-electron chi connectivity index (χ3n) is 4.66. The monoisotopic (exact) mass is 409 g/mol. The summed E-state index contributed by atoms with van der Waals surface area (Å²) in [6.45, 7) is 1.82. The second-order valence-electron chi connectivity index (χ2n) is 6.47. The lowest BCUT2D eigenvalue weighted by Gasteiger charge is -2.35. The van der Waals surface area contributed by atoms with E-state index in [1.807, 2.05) is 4.90 Å². The van der Waals surface area contributed by atoms with E-state index in [4.69, 9.17) is 0 Å². The average molecular weight is 409 g/mol. The Morgan fingerprint density at radius 1 is 1.04 bits per heavy atom. The van der Waals surface area contributed by atoms with Gasteiger partial charge in [0.2, 0.25) is 0 Å². The van der Waals surface area contributed by atoms with E-state index >= 15 is 0 Å². The zero-order valence-corrected chi connectivity index (χ0v) is 15.4. The van der Waals surface area contributed by atoms with Crippen LogP contribution in [0.1, 0.15) is 15.2 Å². The fourth-order valence-corrected chi connectivity index (χ4v) is 4.17.